The first-order valence-electron chi connectivity index (χ1n) is 6.71. The van der Waals surface area contributed by atoms with Crippen LogP contribution in [0.5, 0.6) is 0 Å². The maximum absolute atomic E-state index is 12.2. The fourth-order valence-electron chi connectivity index (χ4n) is 2.35. The van der Waals surface area contributed by atoms with Gasteiger partial charge in [0.15, 0.2) is 5.13 Å². The molecule has 0 unspecified atom stereocenters. The molecule has 2 amide bonds. The van der Waals surface area contributed by atoms with Crippen LogP contribution in [0.4, 0.5) is 10.8 Å². The zero-order chi connectivity index (χ0) is 14.8. The smallest absolute Gasteiger partial charge is 0.231 e. The van der Waals surface area contributed by atoms with E-state index in [9.17, 15) is 9.59 Å². The number of amides is 2. The molecule has 0 saturated carbocycles. The van der Waals surface area contributed by atoms with Crippen molar-refractivity contribution in [3.05, 3.63) is 41.4 Å². The number of aromatic nitrogens is 1. The van der Waals surface area contributed by atoms with E-state index in [1.165, 1.54) is 11.3 Å². The highest BCUT2D eigenvalue weighted by molar-refractivity contribution is 7.13. The number of hydrogen-bond acceptors (Lipinski definition) is 4. The Kier molecular flexibility index (Phi) is 3.70. The molecule has 1 N–H and O–H groups in total. The van der Waals surface area contributed by atoms with Gasteiger partial charge in [-0.3, -0.25) is 9.59 Å². The van der Waals surface area contributed by atoms with E-state index in [0.717, 1.165) is 11.3 Å². The second kappa shape index (κ2) is 5.65. The summed E-state index contributed by atoms with van der Waals surface area (Å²) in [7, 11) is 0. The number of thiazole rings is 1. The topological polar surface area (TPSA) is 62.3 Å². The standard InChI is InChI=1S/C15H15N3O2S/c1-10-2-4-12(5-3-10)18-9-11(8-13(18)19)14(20)17-15-16-6-7-21-15/h2-7,11H,8-9H2,1H3,(H,16,17,20)/t11-/m0/s1. The quantitative estimate of drug-likeness (QED) is 0.947. The van der Waals surface area contributed by atoms with Gasteiger partial charge in [0, 0.05) is 30.2 Å². The fourth-order valence-corrected chi connectivity index (χ4v) is 2.88. The summed E-state index contributed by atoms with van der Waals surface area (Å²) in [6, 6.07) is 7.75. The maximum atomic E-state index is 12.2. The first-order chi connectivity index (χ1) is 10.1. The van der Waals surface area contributed by atoms with Crippen molar-refractivity contribution < 1.29 is 9.59 Å². The molecule has 6 heteroatoms. The highest BCUT2D eigenvalue weighted by Gasteiger charge is 2.35. The van der Waals surface area contributed by atoms with Crippen LogP contribution in [0.2, 0.25) is 0 Å². The first-order valence-corrected chi connectivity index (χ1v) is 7.59. The third-order valence-corrected chi connectivity index (χ3v) is 4.19. The zero-order valence-electron chi connectivity index (χ0n) is 11.6. The molecule has 5 nitrogen and oxygen atoms in total. The van der Waals surface area contributed by atoms with Gasteiger partial charge in [-0.25, -0.2) is 4.98 Å². The molecule has 1 atom stereocenters. The molecule has 108 valence electrons. The van der Waals surface area contributed by atoms with E-state index in [2.05, 4.69) is 10.3 Å². The molecule has 2 heterocycles. The van der Waals surface area contributed by atoms with E-state index in [1.54, 1.807) is 16.5 Å². The number of rotatable bonds is 3. The van der Waals surface area contributed by atoms with Crippen LogP contribution in [0, 0.1) is 12.8 Å². The van der Waals surface area contributed by atoms with Crippen molar-refractivity contribution in [1.29, 1.82) is 0 Å². The normalized spacial score (nSPS) is 18.0. The summed E-state index contributed by atoms with van der Waals surface area (Å²) in [5.74, 6) is -0.492. The molecule has 0 spiro atoms. The van der Waals surface area contributed by atoms with Crippen molar-refractivity contribution in [3.63, 3.8) is 0 Å². The Bertz CT molecular complexity index is 652. The van der Waals surface area contributed by atoms with Gasteiger partial charge in [-0.05, 0) is 19.1 Å². The SMILES string of the molecule is Cc1ccc(N2C[C@@H](C(=O)Nc3nccs3)CC2=O)cc1. The predicted molar refractivity (Wildman–Crippen MR) is 82.4 cm³/mol. The summed E-state index contributed by atoms with van der Waals surface area (Å²) >= 11 is 1.37. The summed E-state index contributed by atoms with van der Waals surface area (Å²) in [6.07, 6.45) is 1.88. The lowest BCUT2D eigenvalue weighted by atomic mass is 10.1. The third-order valence-electron chi connectivity index (χ3n) is 3.50. The number of hydrogen-bond donors (Lipinski definition) is 1. The number of carbonyl (C=O) groups excluding carboxylic acids is 2. The maximum Gasteiger partial charge on any atom is 0.231 e. The average Bonchev–Trinajstić information content (AvgIpc) is 3.09. The van der Waals surface area contributed by atoms with Crippen molar-refractivity contribution in [2.24, 2.45) is 5.92 Å². The van der Waals surface area contributed by atoms with Crippen molar-refractivity contribution in [2.75, 3.05) is 16.8 Å². The largest absolute Gasteiger partial charge is 0.312 e. The van der Waals surface area contributed by atoms with Gasteiger partial charge in [0.25, 0.3) is 0 Å². The molecule has 0 aliphatic carbocycles. The second-order valence-corrected chi connectivity index (χ2v) is 5.96. The number of anilines is 2. The average molecular weight is 301 g/mol. The fraction of sp³-hybridized carbons (Fsp3) is 0.267. The third kappa shape index (κ3) is 2.95. The van der Waals surface area contributed by atoms with Gasteiger partial charge in [-0.1, -0.05) is 17.7 Å². The Labute approximate surface area is 126 Å². The second-order valence-electron chi connectivity index (χ2n) is 5.07. The molecule has 21 heavy (non-hydrogen) atoms. The van der Waals surface area contributed by atoms with Crippen molar-refractivity contribution in [1.82, 2.24) is 4.98 Å². The summed E-state index contributed by atoms with van der Waals surface area (Å²) in [6.45, 7) is 2.42. The molecule has 0 radical (unpaired) electrons. The Balaban J connectivity index is 1.69. The zero-order valence-corrected chi connectivity index (χ0v) is 12.4. The summed E-state index contributed by atoms with van der Waals surface area (Å²) < 4.78 is 0. The van der Waals surface area contributed by atoms with Crippen LogP contribution in [0.25, 0.3) is 0 Å². The lowest BCUT2D eigenvalue weighted by Gasteiger charge is -2.16. The van der Waals surface area contributed by atoms with Crippen molar-refractivity contribution >= 4 is 34.0 Å². The number of nitrogens with one attached hydrogen (secondary N) is 1. The van der Waals surface area contributed by atoms with E-state index in [-0.39, 0.29) is 24.2 Å². The highest BCUT2D eigenvalue weighted by atomic mass is 32.1. The minimum Gasteiger partial charge on any atom is -0.312 e. The molecule has 0 bridgehead atoms. The van der Waals surface area contributed by atoms with E-state index >= 15 is 0 Å². The van der Waals surface area contributed by atoms with E-state index < -0.39 is 0 Å². The van der Waals surface area contributed by atoms with Gasteiger partial charge in [0.05, 0.1) is 5.92 Å². The lowest BCUT2D eigenvalue weighted by molar-refractivity contribution is -0.122. The highest BCUT2D eigenvalue weighted by Crippen LogP contribution is 2.26. The molecular weight excluding hydrogens is 286 g/mol. The Hall–Kier alpha value is -2.21. The first kappa shape index (κ1) is 13.8. The van der Waals surface area contributed by atoms with Gasteiger partial charge in [-0.2, -0.15) is 0 Å². The molecule has 2 aromatic rings. The molecule has 3 rings (SSSR count). The number of nitrogens with zero attached hydrogens (tertiary/aromatic N) is 2. The van der Waals surface area contributed by atoms with Crippen LogP contribution in [0.1, 0.15) is 12.0 Å². The predicted octanol–water partition coefficient (Wildman–Crippen LogP) is 2.44. The van der Waals surface area contributed by atoms with Gasteiger partial charge in [-0.15, -0.1) is 11.3 Å². The van der Waals surface area contributed by atoms with E-state index in [0.29, 0.717) is 11.7 Å². The van der Waals surface area contributed by atoms with Crippen LogP contribution >= 0.6 is 11.3 Å². The molecule has 1 fully saturated rings. The van der Waals surface area contributed by atoms with Crippen LogP contribution in [0.15, 0.2) is 35.8 Å². The summed E-state index contributed by atoms with van der Waals surface area (Å²) in [4.78, 5) is 30.0. The Morgan fingerprint density at radius 2 is 2.14 bits per heavy atom. The Morgan fingerprint density at radius 3 is 2.81 bits per heavy atom. The molecule has 1 aromatic carbocycles. The molecule has 1 aliphatic rings. The molecular formula is C15H15N3O2S. The summed E-state index contributed by atoms with van der Waals surface area (Å²) in [5, 5.41) is 5.13. The van der Waals surface area contributed by atoms with Gasteiger partial charge < -0.3 is 10.2 Å². The number of aryl methyl sites for hydroxylation is 1. The van der Waals surface area contributed by atoms with Crippen LogP contribution in [-0.2, 0) is 9.59 Å². The van der Waals surface area contributed by atoms with Gasteiger partial charge >= 0.3 is 0 Å². The van der Waals surface area contributed by atoms with Crippen molar-refractivity contribution in [3.8, 4) is 0 Å². The monoisotopic (exact) mass is 301 g/mol. The number of benzene rings is 1. The summed E-state index contributed by atoms with van der Waals surface area (Å²) in [5.41, 5.74) is 1.98. The van der Waals surface area contributed by atoms with E-state index in [1.807, 2.05) is 31.2 Å². The molecule has 1 aromatic heterocycles. The Morgan fingerprint density at radius 1 is 1.38 bits per heavy atom. The molecule has 1 saturated heterocycles. The minimum atomic E-state index is -0.331. The molecule has 1 aliphatic heterocycles. The van der Waals surface area contributed by atoms with Crippen LogP contribution in [-0.4, -0.2) is 23.3 Å². The van der Waals surface area contributed by atoms with Gasteiger partial charge in [0.2, 0.25) is 11.8 Å². The van der Waals surface area contributed by atoms with E-state index in [4.69, 9.17) is 0 Å². The van der Waals surface area contributed by atoms with Crippen LogP contribution < -0.4 is 10.2 Å². The van der Waals surface area contributed by atoms with Crippen LogP contribution in [0.3, 0.4) is 0 Å². The van der Waals surface area contributed by atoms with Crippen molar-refractivity contribution in [2.45, 2.75) is 13.3 Å². The number of carbonyl (C=O) groups is 2. The lowest BCUT2D eigenvalue weighted by Crippen LogP contribution is -2.28. The minimum absolute atomic E-state index is 0.0156. The van der Waals surface area contributed by atoms with Gasteiger partial charge in [0.1, 0.15) is 0 Å².